The SMILES string of the molecule is NC(=O)CC(NC(=O)C(CC(N)=O)NC(=O)C(Cc1c[nH]c2ccccc12)NC(=O)C(N)CC(=O)O)C(=O)O. The number of rotatable bonds is 15. The first-order valence-corrected chi connectivity index (χ1v) is 11.5. The molecule has 0 saturated carbocycles. The Morgan fingerprint density at radius 3 is 1.90 bits per heavy atom. The van der Waals surface area contributed by atoms with E-state index >= 15 is 0 Å². The van der Waals surface area contributed by atoms with Crippen molar-refractivity contribution in [2.75, 3.05) is 0 Å². The minimum atomic E-state index is -1.75. The van der Waals surface area contributed by atoms with E-state index < -0.39 is 84.9 Å². The zero-order valence-corrected chi connectivity index (χ0v) is 20.5. The molecule has 0 saturated heterocycles. The van der Waals surface area contributed by atoms with Gasteiger partial charge in [0.25, 0.3) is 0 Å². The van der Waals surface area contributed by atoms with Crippen LogP contribution in [0.5, 0.6) is 0 Å². The first-order chi connectivity index (χ1) is 18.3. The second kappa shape index (κ2) is 13.5. The van der Waals surface area contributed by atoms with E-state index in [-0.39, 0.29) is 6.42 Å². The first kappa shape index (κ1) is 30.2. The second-order valence-electron chi connectivity index (χ2n) is 8.63. The Bertz CT molecular complexity index is 1280. The molecule has 1 aromatic heterocycles. The summed E-state index contributed by atoms with van der Waals surface area (Å²) in [6.45, 7) is 0. The maximum Gasteiger partial charge on any atom is 0.326 e. The van der Waals surface area contributed by atoms with Crippen LogP contribution in [0.15, 0.2) is 30.5 Å². The number of benzene rings is 1. The van der Waals surface area contributed by atoms with E-state index in [1.165, 1.54) is 0 Å². The highest BCUT2D eigenvalue weighted by atomic mass is 16.4. The van der Waals surface area contributed by atoms with Gasteiger partial charge in [-0.15, -0.1) is 0 Å². The third-order valence-electron chi connectivity index (χ3n) is 5.52. The number of nitrogens with one attached hydrogen (secondary N) is 4. The van der Waals surface area contributed by atoms with Crippen LogP contribution in [-0.2, 0) is 40.0 Å². The first-order valence-electron chi connectivity index (χ1n) is 11.5. The van der Waals surface area contributed by atoms with Crippen LogP contribution in [0.1, 0.15) is 24.8 Å². The summed E-state index contributed by atoms with van der Waals surface area (Å²) in [5, 5.41) is 25.5. The zero-order chi connectivity index (χ0) is 29.3. The standard InChI is InChI=1S/C23H29N7O9/c24-12(6-19(33)34)20(35)28-14(5-10-9-27-13-4-2-1-3-11(10)13)21(36)29-15(7-17(25)31)22(37)30-16(23(38)39)8-18(26)32/h1-4,9,12,14-16,27H,5-8,24H2,(H2,25,31)(H2,26,32)(H,28,35)(H,29,36)(H,30,37)(H,33,34)(H,38,39). The van der Waals surface area contributed by atoms with Gasteiger partial charge in [-0.2, -0.15) is 0 Å². The van der Waals surface area contributed by atoms with E-state index in [1.807, 2.05) is 5.32 Å². The molecule has 12 N–H and O–H groups in total. The van der Waals surface area contributed by atoms with Gasteiger partial charge < -0.3 is 48.3 Å². The average molecular weight is 548 g/mol. The van der Waals surface area contributed by atoms with Gasteiger partial charge in [0, 0.05) is 23.5 Å². The number of amides is 5. The molecule has 0 aliphatic carbocycles. The van der Waals surface area contributed by atoms with E-state index in [2.05, 4.69) is 15.6 Å². The molecule has 39 heavy (non-hydrogen) atoms. The number of hydrogen-bond donors (Lipinski definition) is 9. The number of hydrogen-bond acceptors (Lipinski definition) is 8. The summed E-state index contributed by atoms with van der Waals surface area (Å²) in [6, 6.07) is 0.674. The summed E-state index contributed by atoms with van der Waals surface area (Å²) < 4.78 is 0. The number of para-hydroxylation sites is 1. The van der Waals surface area contributed by atoms with Crippen LogP contribution in [0.2, 0.25) is 0 Å². The molecule has 0 radical (unpaired) electrons. The number of H-pyrrole nitrogens is 1. The van der Waals surface area contributed by atoms with Crippen molar-refractivity contribution in [3.63, 3.8) is 0 Å². The molecule has 1 aromatic carbocycles. The highest BCUT2D eigenvalue weighted by Crippen LogP contribution is 2.19. The predicted molar refractivity (Wildman–Crippen MR) is 133 cm³/mol. The normalized spacial score (nSPS) is 13.9. The molecule has 5 amide bonds. The Kier molecular flexibility index (Phi) is 10.5. The number of fused-ring (bicyclic) bond motifs is 1. The van der Waals surface area contributed by atoms with Gasteiger partial charge in [0.05, 0.1) is 25.3 Å². The Morgan fingerprint density at radius 2 is 1.31 bits per heavy atom. The summed E-state index contributed by atoms with van der Waals surface area (Å²) in [5.74, 6) is -8.12. The van der Waals surface area contributed by atoms with Crippen molar-refractivity contribution in [3.8, 4) is 0 Å². The summed E-state index contributed by atoms with van der Waals surface area (Å²) in [4.78, 5) is 86.7. The van der Waals surface area contributed by atoms with E-state index in [9.17, 15) is 38.7 Å². The molecule has 2 aromatic rings. The van der Waals surface area contributed by atoms with Crippen molar-refractivity contribution >= 4 is 52.4 Å². The number of carboxylic acids is 2. The molecule has 0 aliphatic rings. The highest BCUT2D eigenvalue weighted by Gasteiger charge is 2.32. The fourth-order valence-electron chi connectivity index (χ4n) is 3.65. The molecule has 4 atom stereocenters. The van der Waals surface area contributed by atoms with Crippen LogP contribution < -0.4 is 33.2 Å². The second-order valence-corrected chi connectivity index (χ2v) is 8.63. The van der Waals surface area contributed by atoms with Crippen LogP contribution in [0, 0.1) is 0 Å². The third-order valence-corrected chi connectivity index (χ3v) is 5.52. The monoisotopic (exact) mass is 547 g/mol. The topological polar surface area (TPSA) is 290 Å². The number of aliphatic carboxylic acids is 2. The van der Waals surface area contributed by atoms with Crippen molar-refractivity contribution in [1.82, 2.24) is 20.9 Å². The highest BCUT2D eigenvalue weighted by molar-refractivity contribution is 5.97. The number of nitrogens with two attached hydrogens (primary N) is 3. The summed E-state index contributed by atoms with van der Waals surface area (Å²) in [7, 11) is 0. The number of aromatic amines is 1. The average Bonchev–Trinajstić information content (AvgIpc) is 3.24. The molecule has 0 bridgehead atoms. The van der Waals surface area contributed by atoms with Gasteiger partial charge in [0.15, 0.2) is 0 Å². The van der Waals surface area contributed by atoms with Crippen molar-refractivity contribution in [2.24, 2.45) is 17.2 Å². The Morgan fingerprint density at radius 1 is 0.769 bits per heavy atom. The van der Waals surface area contributed by atoms with Gasteiger partial charge >= 0.3 is 11.9 Å². The van der Waals surface area contributed by atoms with Gasteiger partial charge in [-0.05, 0) is 11.6 Å². The van der Waals surface area contributed by atoms with Crippen LogP contribution in [0.3, 0.4) is 0 Å². The molecule has 0 spiro atoms. The molecule has 4 unspecified atom stereocenters. The molecule has 1 heterocycles. The molecule has 0 fully saturated rings. The predicted octanol–water partition coefficient (Wildman–Crippen LogP) is -3.20. The minimum Gasteiger partial charge on any atom is -0.481 e. The molecule has 16 nitrogen and oxygen atoms in total. The quantitative estimate of drug-likeness (QED) is 0.108. The maximum atomic E-state index is 13.3. The number of carboxylic acid groups (broad SMARTS) is 2. The molecular weight excluding hydrogens is 518 g/mol. The van der Waals surface area contributed by atoms with Gasteiger partial charge in [0.1, 0.15) is 18.1 Å². The molecule has 0 aliphatic heterocycles. The van der Waals surface area contributed by atoms with E-state index in [0.717, 1.165) is 5.52 Å². The fourth-order valence-corrected chi connectivity index (χ4v) is 3.65. The van der Waals surface area contributed by atoms with Gasteiger partial charge in [-0.1, -0.05) is 18.2 Å². The van der Waals surface area contributed by atoms with Gasteiger partial charge in [0.2, 0.25) is 29.5 Å². The summed E-state index contributed by atoms with van der Waals surface area (Å²) >= 11 is 0. The van der Waals surface area contributed by atoms with Crippen molar-refractivity contribution < 1.29 is 43.8 Å². The molecule has 210 valence electrons. The molecule has 16 heteroatoms. The van der Waals surface area contributed by atoms with E-state index in [0.29, 0.717) is 10.9 Å². The minimum absolute atomic E-state index is 0.147. The number of carbonyl (C=O) groups is 7. The number of carbonyl (C=O) groups excluding carboxylic acids is 5. The lowest BCUT2D eigenvalue weighted by Crippen LogP contribution is -2.58. The number of primary amides is 2. The van der Waals surface area contributed by atoms with Crippen molar-refractivity contribution in [1.29, 1.82) is 0 Å². The third kappa shape index (κ3) is 9.12. The van der Waals surface area contributed by atoms with Crippen molar-refractivity contribution in [2.45, 2.75) is 49.9 Å². The van der Waals surface area contributed by atoms with Gasteiger partial charge in [-0.25, -0.2) is 4.79 Å². The van der Waals surface area contributed by atoms with Crippen LogP contribution in [0.4, 0.5) is 0 Å². The molecule has 2 rings (SSSR count). The van der Waals surface area contributed by atoms with Crippen LogP contribution >= 0.6 is 0 Å². The Hall–Kier alpha value is -4.99. The lowest BCUT2D eigenvalue weighted by atomic mass is 10.0. The largest absolute Gasteiger partial charge is 0.481 e. The number of aromatic nitrogens is 1. The fraction of sp³-hybridized carbons (Fsp3) is 0.348. The lowest BCUT2D eigenvalue weighted by molar-refractivity contribution is -0.144. The van der Waals surface area contributed by atoms with E-state index in [1.54, 1.807) is 30.5 Å². The Labute approximate surface area is 220 Å². The lowest BCUT2D eigenvalue weighted by Gasteiger charge is -2.24. The zero-order valence-electron chi connectivity index (χ0n) is 20.5. The van der Waals surface area contributed by atoms with Gasteiger partial charge in [-0.3, -0.25) is 28.8 Å². The van der Waals surface area contributed by atoms with Crippen LogP contribution in [0.25, 0.3) is 10.9 Å². The smallest absolute Gasteiger partial charge is 0.326 e. The van der Waals surface area contributed by atoms with E-state index in [4.69, 9.17) is 22.3 Å². The Balaban J connectivity index is 2.32. The van der Waals surface area contributed by atoms with Crippen molar-refractivity contribution in [3.05, 3.63) is 36.0 Å². The van der Waals surface area contributed by atoms with Crippen LogP contribution in [-0.4, -0.2) is 80.8 Å². The summed E-state index contributed by atoms with van der Waals surface area (Å²) in [6.07, 6.45) is -0.808. The summed E-state index contributed by atoms with van der Waals surface area (Å²) in [5.41, 5.74) is 17.1. The molecular formula is C23H29N7O9. The maximum absolute atomic E-state index is 13.3.